The lowest BCUT2D eigenvalue weighted by Gasteiger charge is -2.11. The monoisotopic (exact) mass is 247 g/mol. The lowest BCUT2D eigenvalue weighted by atomic mass is 10.1. The molecule has 2 aromatic rings. The number of hydrogen-bond donors (Lipinski definition) is 1. The first-order valence-electron chi connectivity index (χ1n) is 5.43. The summed E-state index contributed by atoms with van der Waals surface area (Å²) in [6, 6.07) is 14.4. The molecule has 0 aliphatic rings. The van der Waals surface area contributed by atoms with Gasteiger partial charge in [-0.2, -0.15) is 0 Å². The van der Waals surface area contributed by atoms with Gasteiger partial charge in [0.1, 0.15) is 5.82 Å². The zero-order chi connectivity index (χ0) is 12.3. The fourth-order valence-corrected chi connectivity index (χ4v) is 2.55. The van der Waals surface area contributed by atoms with Crippen molar-refractivity contribution in [1.29, 1.82) is 0 Å². The summed E-state index contributed by atoms with van der Waals surface area (Å²) in [5, 5.41) is 0.320. The van der Waals surface area contributed by atoms with Crippen molar-refractivity contribution in [3.05, 3.63) is 59.9 Å². The van der Waals surface area contributed by atoms with Gasteiger partial charge in [-0.15, -0.1) is 11.8 Å². The molecule has 1 unspecified atom stereocenters. The van der Waals surface area contributed by atoms with Gasteiger partial charge in [-0.3, -0.25) is 0 Å². The maximum absolute atomic E-state index is 12.8. The molecule has 1 nitrogen and oxygen atoms in total. The van der Waals surface area contributed by atoms with E-state index in [1.807, 2.05) is 24.3 Å². The van der Waals surface area contributed by atoms with E-state index in [2.05, 4.69) is 6.92 Å². The van der Waals surface area contributed by atoms with Crippen LogP contribution in [0.25, 0.3) is 0 Å². The van der Waals surface area contributed by atoms with Crippen LogP contribution < -0.4 is 5.73 Å². The highest BCUT2D eigenvalue weighted by Gasteiger charge is 2.07. The van der Waals surface area contributed by atoms with Crippen molar-refractivity contribution in [3.63, 3.8) is 0 Å². The number of halogens is 1. The number of rotatable bonds is 3. The normalized spacial score (nSPS) is 12.4. The maximum Gasteiger partial charge on any atom is 0.123 e. The van der Waals surface area contributed by atoms with Crippen molar-refractivity contribution in [1.82, 2.24) is 0 Å². The fraction of sp³-hybridized carbons (Fsp3) is 0.143. The highest BCUT2D eigenvalue weighted by molar-refractivity contribution is 7.99. The van der Waals surface area contributed by atoms with Crippen LogP contribution in [0.2, 0.25) is 0 Å². The molecular formula is C14H14FNS. The number of nitrogens with two attached hydrogens (primary N) is 1. The van der Waals surface area contributed by atoms with Gasteiger partial charge < -0.3 is 5.73 Å². The first-order chi connectivity index (χ1) is 8.15. The van der Waals surface area contributed by atoms with Gasteiger partial charge in [0.15, 0.2) is 0 Å². The molecule has 2 aromatic carbocycles. The van der Waals surface area contributed by atoms with Gasteiger partial charge in [0.2, 0.25) is 0 Å². The number of benzene rings is 2. The molecule has 0 aliphatic heterocycles. The molecule has 0 amide bonds. The Hall–Kier alpha value is -1.48. The van der Waals surface area contributed by atoms with E-state index >= 15 is 0 Å². The predicted molar refractivity (Wildman–Crippen MR) is 71.5 cm³/mol. The van der Waals surface area contributed by atoms with Crippen molar-refractivity contribution in [3.8, 4) is 0 Å². The van der Waals surface area contributed by atoms with E-state index in [1.54, 1.807) is 23.9 Å². The van der Waals surface area contributed by atoms with Gasteiger partial charge in [-0.05, 0) is 48.9 Å². The molecule has 0 heterocycles. The van der Waals surface area contributed by atoms with Crippen LogP contribution in [0.5, 0.6) is 0 Å². The minimum absolute atomic E-state index is 0.200. The van der Waals surface area contributed by atoms with E-state index in [-0.39, 0.29) is 5.82 Å². The number of nitrogen functional groups attached to an aromatic ring is 1. The highest BCUT2D eigenvalue weighted by Crippen LogP contribution is 2.34. The highest BCUT2D eigenvalue weighted by atomic mass is 32.2. The summed E-state index contributed by atoms with van der Waals surface area (Å²) < 4.78 is 12.8. The summed E-state index contributed by atoms with van der Waals surface area (Å²) in [6.07, 6.45) is 0. The smallest absolute Gasteiger partial charge is 0.123 e. The molecule has 0 spiro atoms. The zero-order valence-electron chi connectivity index (χ0n) is 9.56. The van der Waals surface area contributed by atoms with Crippen molar-refractivity contribution in [2.24, 2.45) is 0 Å². The summed E-state index contributed by atoms with van der Waals surface area (Å²) in [7, 11) is 0. The van der Waals surface area contributed by atoms with E-state index in [0.717, 1.165) is 10.6 Å². The Bertz CT molecular complexity index is 479. The topological polar surface area (TPSA) is 26.0 Å². The molecule has 88 valence electrons. The number of anilines is 1. The van der Waals surface area contributed by atoms with Crippen LogP contribution in [-0.2, 0) is 0 Å². The molecule has 0 radical (unpaired) electrons. The Labute approximate surface area is 105 Å². The lowest BCUT2D eigenvalue weighted by Crippen LogP contribution is -1.90. The maximum atomic E-state index is 12.8. The average Bonchev–Trinajstić information content (AvgIpc) is 2.33. The summed E-state index contributed by atoms with van der Waals surface area (Å²) in [4.78, 5) is 1.07. The molecule has 0 saturated carbocycles. The molecular weight excluding hydrogens is 233 g/mol. The van der Waals surface area contributed by atoms with Crippen molar-refractivity contribution in [2.75, 3.05) is 5.73 Å². The van der Waals surface area contributed by atoms with Crippen molar-refractivity contribution < 1.29 is 4.39 Å². The molecule has 0 saturated heterocycles. The zero-order valence-corrected chi connectivity index (χ0v) is 10.4. The van der Waals surface area contributed by atoms with Crippen LogP contribution in [0.15, 0.2) is 53.4 Å². The van der Waals surface area contributed by atoms with Crippen LogP contribution in [0.4, 0.5) is 10.1 Å². The summed E-state index contributed by atoms with van der Waals surface area (Å²) in [6.45, 7) is 2.12. The first-order valence-corrected chi connectivity index (χ1v) is 6.31. The number of thioether (sulfide) groups is 1. The third-order valence-corrected chi connectivity index (χ3v) is 3.70. The van der Waals surface area contributed by atoms with Crippen LogP contribution in [0.1, 0.15) is 17.7 Å². The fourth-order valence-electron chi connectivity index (χ4n) is 1.55. The van der Waals surface area contributed by atoms with Crippen LogP contribution in [0, 0.1) is 5.82 Å². The molecule has 0 aromatic heterocycles. The molecule has 17 heavy (non-hydrogen) atoms. The Morgan fingerprint density at radius 2 is 1.59 bits per heavy atom. The van der Waals surface area contributed by atoms with Crippen LogP contribution in [-0.4, -0.2) is 0 Å². The van der Waals surface area contributed by atoms with Gasteiger partial charge in [0.05, 0.1) is 0 Å². The molecule has 0 aliphatic carbocycles. The van der Waals surface area contributed by atoms with Crippen LogP contribution >= 0.6 is 11.8 Å². The molecule has 0 fully saturated rings. The van der Waals surface area contributed by atoms with E-state index in [4.69, 9.17) is 5.73 Å². The predicted octanol–water partition coefficient (Wildman–Crippen LogP) is 4.26. The molecule has 2 rings (SSSR count). The van der Waals surface area contributed by atoms with E-state index in [0.29, 0.717) is 5.25 Å². The second-order valence-corrected chi connectivity index (χ2v) is 5.29. The van der Waals surface area contributed by atoms with Gasteiger partial charge in [0, 0.05) is 15.8 Å². The minimum Gasteiger partial charge on any atom is -0.399 e. The minimum atomic E-state index is -0.200. The van der Waals surface area contributed by atoms with E-state index < -0.39 is 0 Å². The van der Waals surface area contributed by atoms with E-state index in [9.17, 15) is 4.39 Å². The average molecular weight is 247 g/mol. The Balaban J connectivity index is 2.08. The standard InChI is InChI=1S/C14H14FNS/c1-10(11-2-6-13(16)7-3-11)17-14-8-4-12(15)5-9-14/h2-10H,16H2,1H3. The first kappa shape index (κ1) is 12.0. The van der Waals surface area contributed by atoms with Crippen LogP contribution in [0.3, 0.4) is 0 Å². The Kier molecular flexibility index (Phi) is 3.69. The third-order valence-electron chi connectivity index (χ3n) is 2.53. The largest absolute Gasteiger partial charge is 0.399 e. The van der Waals surface area contributed by atoms with Crippen molar-refractivity contribution >= 4 is 17.4 Å². The third kappa shape index (κ3) is 3.24. The quantitative estimate of drug-likeness (QED) is 0.647. The summed E-state index contributed by atoms with van der Waals surface area (Å²) in [5.74, 6) is -0.200. The van der Waals surface area contributed by atoms with Crippen molar-refractivity contribution in [2.45, 2.75) is 17.1 Å². The number of hydrogen-bond acceptors (Lipinski definition) is 2. The molecule has 1 atom stereocenters. The van der Waals surface area contributed by atoms with Gasteiger partial charge in [-0.1, -0.05) is 12.1 Å². The molecule has 2 N–H and O–H groups in total. The summed E-state index contributed by atoms with van der Waals surface area (Å²) in [5.41, 5.74) is 7.63. The van der Waals surface area contributed by atoms with Gasteiger partial charge in [0.25, 0.3) is 0 Å². The second-order valence-electron chi connectivity index (χ2n) is 3.88. The van der Waals surface area contributed by atoms with Gasteiger partial charge in [-0.25, -0.2) is 4.39 Å². The Morgan fingerprint density at radius 3 is 2.18 bits per heavy atom. The molecule has 0 bridgehead atoms. The molecule has 3 heteroatoms. The summed E-state index contributed by atoms with van der Waals surface area (Å²) >= 11 is 1.70. The lowest BCUT2D eigenvalue weighted by molar-refractivity contribution is 0.626. The second kappa shape index (κ2) is 5.23. The van der Waals surface area contributed by atoms with E-state index in [1.165, 1.54) is 17.7 Å². The Morgan fingerprint density at radius 1 is 1.00 bits per heavy atom. The SMILES string of the molecule is CC(Sc1ccc(F)cc1)c1ccc(N)cc1. The van der Waals surface area contributed by atoms with Gasteiger partial charge >= 0.3 is 0 Å².